The summed E-state index contributed by atoms with van der Waals surface area (Å²) in [7, 11) is 0. The van der Waals surface area contributed by atoms with Crippen molar-refractivity contribution in [1.82, 2.24) is 0 Å². The number of nitrogens with zero attached hydrogens (tertiary/aromatic N) is 1. The van der Waals surface area contributed by atoms with E-state index in [0.717, 1.165) is 48.3 Å². The number of rotatable bonds is 8. The number of nitrogens with two attached hydrogens (primary N) is 1. The van der Waals surface area contributed by atoms with Crippen molar-refractivity contribution in [2.75, 3.05) is 23.3 Å². The topological polar surface area (TPSA) is 109 Å². The van der Waals surface area contributed by atoms with Crippen LogP contribution in [0.2, 0.25) is 0 Å². The Hall–Kier alpha value is -4.62. The van der Waals surface area contributed by atoms with E-state index in [9.17, 15) is 4.79 Å². The van der Waals surface area contributed by atoms with Crippen molar-refractivity contribution in [2.45, 2.75) is 25.9 Å². The zero-order valence-corrected chi connectivity index (χ0v) is 22.0. The number of amidine groups is 1. The Labute approximate surface area is 229 Å². The summed E-state index contributed by atoms with van der Waals surface area (Å²) < 4.78 is 6.19. The van der Waals surface area contributed by atoms with Gasteiger partial charge in [0.1, 0.15) is 17.9 Å². The quantitative estimate of drug-likeness (QED) is 0.124. The number of hydrazine groups is 1. The van der Waals surface area contributed by atoms with E-state index in [0.29, 0.717) is 35.0 Å². The molecule has 0 atom stereocenters. The van der Waals surface area contributed by atoms with Crippen molar-refractivity contribution in [2.24, 2.45) is 5.84 Å². The third-order valence-electron chi connectivity index (χ3n) is 7.04. The molecule has 0 aromatic heterocycles. The van der Waals surface area contributed by atoms with Gasteiger partial charge in [0.25, 0.3) is 5.91 Å². The molecule has 1 saturated heterocycles. The fourth-order valence-electron chi connectivity index (χ4n) is 4.89. The van der Waals surface area contributed by atoms with Gasteiger partial charge in [-0.3, -0.25) is 10.5 Å². The van der Waals surface area contributed by atoms with Crippen LogP contribution < -0.4 is 31.6 Å². The monoisotopic (exact) mass is 521 g/mol. The predicted molar refractivity (Wildman–Crippen MR) is 155 cm³/mol. The second-order valence-corrected chi connectivity index (χ2v) is 9.71. The fourth-order valence-corrected chi connectivity index (χ4v) is 4.89. The number of hydrogen-bond acceptors (Lipinski definition) is 4. The molecule has 5 rings (SSSR count). The second-order valence-electron chi connectivity index (χ2n) is 9.71. The van der Waals surface area contributed by atoms with Crippen LogP contribution in [0.15, 0.2) is 97.1 Å². The summed E-state index contributed by atoms with van der Waals surface area (Å²) in [5.74, 6) is 6.48. The Balaban J connectivity index is 1.49. The maximum atomic E-state index is 13.9. The lowest BCUT2D eigenvalue weighted by molar-refractivity contribution is -0.512. The maximum absolute atomic E-state index is 13.9. The lowest BCUT2D eigenvalue weighted by atomic mass is 10.0. The van der Waals surface area contributed by atoms with Crippen LogP contribution in [0.1, 0.15) is 40.7 Å². The number of anilines is 2. The number of carbonyl (C=O) groups excluding carboxylic acids is 1. The van der Waals surface area contributed by atoms with Crippen LogP contribution in [0.25, 0.3) is 11.1 Å². The van der Waals surface area contributed by atoms with Gasteiger partial charge in [-0.05, 0) is 66.3 Å². The minimum atomic E-state index is -0.256. The van der Waals surface area contributed by atoms with Crippen LogP contribution in [-0.4, -0.2) is 24.8 Å². The van der Waals surface area contributed by atoms with E-state index >= 15 is 0 Å². The molecule has 198 valence electrons. The standard InChI is InChI=1S/C32H33N5O2/c33-31(36-34)27-16-14-25(24-12-6-2-7-13-24)20-29(27)35-32(38)28-21-26(37-18-8-3-9-19-37)15-17-30(28)39-22-23-10-4-1-5-11-23/h1-2,4-7,10-17,20-21H,3,8-9,18-19,22,34H2,(H2,33,36)(H,35,38)/p+2. The molecule has 4 aromatic carbocycles. The van der Waals surface area contributed by atoms with Crippen molar-refractivity contribution < 1.29 is 20.4 Å². The van der Waals surface area contributed by atoms with Crippen LogP contribution in [0.4, 0.5) is 11.4 Å². The third-order valence-corrected chi connectivity index (χ3v) is 7.04. The van der Waals surface area contributed by atoms with Gasteiger partial charge in [-0.1, -0.05) is 71.8 Å². The Bertz CT molecular complexity index is 1450. The molecule has 1 fully saturated rings. The first-order valence-corrected chi connectivity index (χ1v) is 13.3. The molecular weight excluding hydrogens is 486 g/mol. The van der Waals surface area contributed by atoms with E-state index in [-0.39, 0.29) is 5.91 Å². The molecule has 0 saturated carbocycles. The third kappa shape index (κ3) is 6.27. The van der Waals surface area contributed by atoms with Crippen molar-refractivity contribution in [1.29, 1.82) is 0 Å². The lowest BCUT2D eigenvalue weighted by Crippen LogP contribution is -2.90. The number of hydrazone groups is 1. The van der Waals surface area contributed by atoms with Gasteiger partial charge >= 0.3 is 5.84 Å². The maximum Gasteiger partial charge on any atom is 0.393 e. The summed E-state index contributed by atoms with van der Waals surface area (Å²) in [6.45, 7) is 2.33. The summed E-state index contributed by atoms with van der Waals surface area (Å²) in [4.78, 5) is 16.2. The molecule has 39 heavy (non-hydrogen) atoms. The number of quaternary nitrogens is 1. The number of ether oxygens (including phenoxy) is 1. The molecule has 4 aromatic rings. The molecule has 0 unspecified atom stereocenters. The van der Waals surface area contributed by atoms with E-state index in [1.807, 2.05) is 97.1 Å². The molecule has 0 radical (unpaired) electrons. The normalized spacial score (nSPS) is 13.7. The van der Waals surface area contributed by atoms with E-state index in [1.54, 1.807) is 0 Å². The average Bonchev–Trinajstić information content (AvgIpc) is 3.01. The Morgan fingerprint density at radius 2 is 1.56 bits per heavy atom. The minimum absolute atomic E-state index is 0.256. The number of carbonyl (C=O) groups is 1. The van der Waals surface area contributed by atoms with Gasteiger partial charge in [0.2, 0.25) is 0 Å². The summed E-state index contributed by atoms with van der Waals surface area (Å²) in [5.41, 5.74) is 9.91. The van der Waals surface area contributed by atoms with Gasteiger partial charge in [0.05, 0.1) is 11.3 Å². The molecule has 0 bridgehead atoms. The Morgan fingerprint density at radius 1 is 0.846 bits per heavy atom. The molecule has 0 aliphatic carbocycles. The molecule has 1 aliphatic rings. The van der Waals surface area contributed by atoms with Crippen molar-refractivity contribution in [3.63, 3.8) is 0 Å². The zero-order valence-electron chi connectivity index (χ0n) is 22.0. The highest BCUT2D eigenvalue weighted by molar-refractivity contribution is 6.09. The zero-order chi connectivity index (χ0) is 27.0. The average molecular weight is 522 g/mol. The van der Waals surface area contributed by atoms with E-state index in [1.165, 1.54) is 6.42 Å². The fraction of sp³-hybridized carbons (Fsp3) is 0.188. The van der Waals surface area contributed by atoms with Crippen LogP contribution in [0.5, 0.6) is 5.75 Å². The van der Waals surface area contributed by atoms with E-state index in [2.05, 4.69) is 21.1 Å². The molecule has 7 nitrogen and oxygen atoms in total. The van der Waals surface area contributed by atoms with Crippen molar-refractivity contribution in [3.8, 4) is 16.9 Å². The number of nitrogens with one attached hydrogen (secondary N) is 2. The highest BCUT2D eigenvalue weighted by atomic mass is 16.5. The van der Waals surface area contributed by atoms with Crippen molar-refractivity contribution in [3.05, 3.63) is 114 Å². The number of piperidine rings is 1. The lowest BCUT2D eigenvalue weighted by Gasteiger charge is -2.29. The van der Waals surface area contributed by atoms with Gasteiger partial charge < -0.3 is 15.0 Å². The van der Waals surface area contributed by atoms with E-state index < -0.39 is 0 Å². The molecule has 1 amide bonds. The number of hydrogen-bond donors (Lipinski definition) is 4. The summed E-state index contributed by atoms with van der Waals surface area (Å²) in [6, 6.07) is 31.7. The molecule has 0 spiro atoms. The minimum Gasteiger partial charge on any atom is -0.488 e. The highest BCUT2D eigenvalue weighted by Crippen LogP contribution is 2.30. The molecule has 7 heteroatoms. The highest BCUT2D eigenvalue weighted by Gasteiger charge is 2.22. The van der Waals surface area contributed by atoms with E-state index in [4.69, 9.17) is 10.6 Å². The molecular formula is C32H35N5O2+2. The van der Waals surface area contributed by atoms with Gasteiger partial charge in [0, 0.05) is 18.8 Å². The number of amides is 1. The smallest absolute Gasteiger partial charge is 0.393 e. The predicted octanol–water partition coefficient (Wildman–Crippen LogP) is 3.12. The Morgan fingerprint density at radius 3 is 2.28 bits per heavy atom. The summed E-state index contributed by atoms with van der Waals surface area (Å²) in [6.07, 6.45) is 3.54. The van der Waals surface area contributed by atoms with Gasteiger partial charge in [-0.25, -0.2) is 5.84 Å². The van der Waals surface area contributed by atoms with Gasteiger partial charge in [-0.2, -0.15) is 0 Å². The molecule has 1 heterocycles. The summed E-state index contributed by atoms with van der Waals surface area (Å²) in [5, 5.41) is 5.75. The Kier molecular flexibility index (Phi) is 8.19. The summed E-state index contributed by atoms with van der Waals surface area (Å²) >= 11 is 0. The van der Waals surface area contributed by atoms with Crippen LogP contribution >= 0.6 is 0 Å². The van der Waals surface area contributed by atoms with Crippen molar-refractivity contribution >= 4 is 23.1 Å². The largest absolute Gasteiger partial charge is 0.488 e. The second kappa shape index (κ2) is 12.3. The van der Waals surface area contributed by atoms with Gasteiger partial charge in [0.15, 0.2) is 0 Å². The van der Waals surface area contributed by atoms with Gasteiger partial charge in [-0.15, -0.1) is 0 Å². The molecule has 1 aliphatic heterocycles. The van der Waals surface area contributed by atoms with Crippen LogP contribution in [0.3, 0.4) is 0 Å². The number of benzene rings is 4. The first kappa shape index (κ1) is 26.0. The first-order valence-electron chi connectivity index (χ1n) is 13.3. The van der Waals surface area contributed by atoms with Crippen LogP contribution in [-0.2, 0) is 6.61 Å². The first-order chi connectivity index (χ1) is 19.1. The SMILES string of the molecule is N[NH+]=C([NH3+])c1ccc(-c2ccccc2)cc1NC(=O)c1cc(N2CCCCC2)ccc1OCc1ccccc1. The molecule has 7 N–H and O–H groups in total. The van der Waals surface area contributed by atoms with Crippen LogP contribution in [0, 0.1) is 0 Å².